The predicted octanol–water partition coefficient (Wildman–Crippen LogP) is 3.21. The van der Waals surface area contributed by atoms with Crippen LogP contribution in [0.5, 0.6) is 0 Å². The SMILES string of the molecule is C=C(C(C)CC)[C@H]1CO[C@H]2[C@@H]1OC[C@H]2OC(=O)C(C)C(C)C. The number of carbonyl (C=O) groups excluding carboxylic acids is 1. The Hall–Kier alpha value is -0.870. The molecular formula is C18H30O4. The van der Waals surface area contributed by atoms with Gasteiger partial charge in [-0.3, -0.25) is 4.79 Å². The number of ether oxygens (including phenoxy) is 3. The molecule has 0 radical (unpaired) electrons. The van der Waals surface area contributed by atoms with Crippen LogP contribution in [0.4, 0.5) is 0 Å². The molecule has 0 N–H and O–H groups in total. The molecule has 2 heterocycles. The summed E-state index contributed by atoms with van der Waals surface area (Å²) in [5.41, 5.74) is 1.19. The van der Waals surface area contributed by atoms with Crippen molar-refractivity contribution in [1.82, 2.24) is 0 Å². The number of carbonyl (C=O) groups is 1. The molecule has 0 saturated carbocycles. The van der Waals surface area contributed by atoms with Crippen LogP contribution in [0.15, 0.2) is 12.2 Å². The van der Waals surface area contributed by atoms with Crippen LogP contribution >= 0.6 is 0 Å². The first-order valence-electron chi connectivity index (χ1n) is 8.49. The average Bonchev–Trinajstić information content (AvgIpc) is 3.07. The average molecular weight is 310 g/mol. The van der Waals surface area contributed by atoms with E-state index in [4.69, 9.17) is 14.2 Å². The molecule has 2 fully saturated rings. The molecule has 0 aliphatic carbocycles. The van der Waals surface area contributed by atoms with Gasteiger partial charge < -0.3 is 14.2 Å². The van der Waals surface area contributed by atoms with E-state index in [1.54, 1.807) is 0 Å². The minimum absolute atomic E-state index is 0.0198. The highest BCUT2D eigenvalue weighted by Crippen LogP contribution is 2.38. The summed E-state index contributed by atoms with van der Waals surface area (Å²) < 4.78 is 17.4. The lowest BCUT2D eigenvalue weighted by molar-refractivity contribution is -0.159. The Balaban J connectivity index is 1.96. The van der Waals surface area contributed by atoms with Crippen LogP contribution in [-0.2, 0) is 19.0 Å². The molecule has 0 amide bonds. The summed E-state index contributed by atoms with van der Waals surface area (Å²) in [6.45, 7) is 15.6. The van der Waals surface area contributed by atoms with Crippen LogP contribution in [0.3, 0.4) is 0 Å². The number of esters is 1. The van der Waals surface area contributed by atoms with E-state index in [1.165, 1.54) is 5.57 Å². The second-order valence-corrected chi connectivity index (χ2v) is 7.09. The third-order valence-corrected chi connectivity index (χ3v) is 5.37. The summed E-state index contributed by atoms with van der Waals surface area (Å²) in [6, 6.07) is 0. The fraction of sp³-hybridized carbons (Fsp3) is 0.833. The highest BCUT2D eigenvalue weighted by atomic mass is 16.6. The van der Waals surface area contributed by atoms with E-state index in [0.717, 1.165) is 6.42 Å². The van der Waals surface area contributed by atoms with Crippen LogP contribution < -0.4 is 0 Å². The molecule has 4 nitrogen and oxygen atoms in total. The van der Waals surface area contributed by atoms with Gasteiger partial charge in [0.15, 0.2) is 6.10 Å². The number of fused-ring (bicyclic) bond motifs is 1. The van der Waals surface area contributed by atoms with Gasteiger partial charge in [0.25, 0.3) is 0 Å². The molecule has 0 aromatic carbocycles. The van der Waals surface area contributed by atoms with Crippen molar-refractivity contribution in [3.63, 3.8) is 0 Å². The molecule has 0 aromatic heterocycles. The monoisotopic (exact) mass is 310 g/mol. The number of hydrogen-bond donors (Lipinski definition) is 0. The molecule has 0 spiro atoms. The lowest BCUT2D eigenvalue weighted by Crippen LogP contribution is -2.35. The molecule has 2 aliphatic rings. The van der Waals surface area contributed by atoms with Crippen molar-refractivity contribution in [3.05, 3.63) is 12.2 Å². The summed E-state index contributed by atoms with van der Waals surface area (Å²) >= 11 is 0. The van der Waals surface area contributed by atoms with Gasteiger partial charge >= 0.3 is 5.97 Å². The van der Waals surface area contributed by atoms with Crippen molar-refractivity contribution >= 4 is 5.97 Å². The second kappa shape index (κ2) is 7.14. The predicted molar refractivity (Wildman–Crippen MR) is 85.4 cm³/mol. The van der Waals surface area contributed by atoms with E-state index in [9.17, 15) is 4.79 Å². The molecular weight excluding hydrogens is 280 g/mol. The Kier molecular flexibility index (Phi) is 5.67. The summed E-state index contributed by atoms with van der Waals surface area (Å²) in [7, 11) is 0. The minimum Gasteiger partial charge on any atom is -0.457 e. The van der Waals surface area contributed by atoms with Gasteiger partial charge in [0.1, 0.15) is 6.10 Å². The molecule has 4 heteroatoms. The van der Waals surface area contributed by atoms with E-state index in [-0.39, 0.29) is 42.0 Å². The molecule has 2 aliphatic heterocycles. The standard InChI is InChI=1S/C18H30O4/c1-7-11(4)13(6)14-8-20-17-15(9-21-16(14)17)22-18(19)12(5)10(2)3/h10-12,14-17H,6-9H2,1-5H3/t11?,12?,14-,15-,16-,17-/m1/s1. The molecule has 2 saturated heterocycles. The molecule has 22 heavy (non-hydrogen) atoms. The summed E-state index contributed by atoms with van der Waals surface area (Å²) in [5.74, 6) is 0.682. The second-order valence-electron chi connectivity index (χ2n) is 7.09. The van der Waals surface area contributed by atoms with E-state index in [2.05, 4.69) is 20.4 Å². The minimum atomic E-state index is -0.284. The largest absolute Gasteiger partial charge is 0.457 e. The maximum Gasteiger partial charge on any atom is 0.309 e. The molecule has 0 aromatic rings. The summed E-state index contributed by atoms with van der Waals surface area (Å²) in [4.78, 5) is 12.1. The zero-order valence-electron chi connectivity index (χ0n) is 14.5. The van der Waals surface area contributed by atoms with E-state index in [1.807, 2.05) is 20.8 Å². The Morgan fingerprint density at radius 2 is 1.82 bits per heavy atom. The van der Waals surface area contributed by atoms with Crippen molar-refractivity contribution in [3.8, 4) is 0 Å². The van der Waals surface area contributed by atoms with E-state index < -0.39 is 0 Å². The summed E-state index contributed by atoms with van der Waals surface area (Å²) in [6.07, 6.45) is 0.619. The fourth-order valence-corrected chi connectivity index (χ4v) is 3.04. The third kappa shape index (κ3) is 3.38. The number of rotatable bonds is 6. The van der Waals surface area contributed by atoms with Crippen LogP contribution in [0.25, 0.3) is 0 Å². The first-order chi connectivity index (χ1) is 10.4. The van der Waals surface area contributed by atoms with Gasteiger partial charge in [0, 0.05) is 5.92 Å². The van der Waals surface area contributed by atoms with Gasteiger partial charge in [-0.2, -0.15) is 0 Å². The van der Waals surface area contributed by atoms with Gasteiger partial charge in [0.2, 0.25) is 0 Å². The molecule has 6 atom stereocenters. The zero-order chi connectivity index (χ0) is 16.4. The van der Waals surface area contributed by atoms with Gasteiger partial charge in [-0.05, 0) is 18.3 Å². The van der Waals surface area contributed by atoms with Crippen LogP contribution in [0.1, 0.15) is 41.0 Å². The lowest BCUT2D eigenvalue weighted by atomic mass is 9.85. The molecule has 126 valence electrons. The number of hydrogen-bond acceptors (Lipinski definition) is 4. The van der Waals surface area contributed by atoms with Crippen LogP contribution in [0, 0.1) is 23.7 Å². The highest BCUT2D eigenvalue weighted by molar-refractivity contribution is 5.72. The molecule has 2 unspecified atom stereocenters. The molecule has 2 rings (SSSR count). The smallest absolute Gasteiger partial charge is 0.309 e. The van der Waals surface area contributed by atoms with Gasteiger partial charge in [0.05, 0.1) is 25.2 Å². The maximum atomic E-state index is 12.1. The van der Waals surface area contributed by atoms with Crippen LogP contribution in [-0.4, -0.2) is 37.5 Å². The van der Waals surface area contributed by atoms with Crippen molar-refractivity contribution < 1.29 is 19.0 Å². The first-order valence-corrected chi connectivity index (χ1v) is 8.49. The third-order valence-electron chi connectivity index (χ3n) is 5.37. The topological polar surface area (TPSA) is 44.8 Å². The normalized spacial score (nSPS) is 33.5. The Morgan fingerprint density at radius 1 is 1.18 bits per heavy atom. The van der Waals surface area contributed by atoms with Crippen molar-refractivity contribution in [2.45, 2.75) is 59.4 Å². The van der Waals surface area contributed by atoms with Crippen LogP contribution in [0.2, 0.25) is 0 Å². The van der Waals surface area contributed by atoms with E-state index >= 15 is 0 Å². The Morgan fingerprint density at radius 3 is 2.41 bits per heavy atom. The first kappa shape index (κ1) is 17.5. The van der Waals surface area contributed by atoms with Gasteiger partial charge in [-0.25, -0.2) is 0 Å². The van der Waals surface area contributed by atoms with Crippen molar-refractivity contribution in [2.24, 2.45) is 23.7 Å². The van der Waals surface area contributed by atoms with Crippen molar-refractivity contribution in [2.75, 3.05) is 13.2 Å². The maximum absolute atomic E-state index is 12.1. The van der Waals surface area contributed by atoms with Gasteiger partial charge in [-0.1, -0.05) is 46.8 Å². The highest BCUT2D eigenvalue weighted by Gasteiger charge is 2.50. The quantitative estimate of drug-likeness (QED) is 0.558. The van der Waals surface area contributed by atoms with Gasteiger partial charge in [-0.15, -0.1) is 0 Å². The Labute approximate surface area is 134 Å². The van der Waals surface area contributed by atoms with Crippen molar-refractivity contribution in [1.29, 1.82) is 0 Å². The fourth-order valence-electron chi connectivity index (χ4n) is 3.04. The molecule has 0 bridgehead atoms. The zero-order valence-corrected chi connectivity index (χ0v) is 14.5. The summed E-state index contributed by atoms with van der Waals surface area (Å²) in [5, 5.41) is 0. The van der Waals surface area contributed by atoms with E-state index in [0.29, 0.717) is 19.1 Å². The Bertz CT molecular complexity index is 417. The lowest BCUT2D eigenvalue weighted by Gasteiger charge is -2.22.